The second-order valence-electron chi connectivity index (χ2n) is 5.94. The van der Waals surface area contributed by atoms with Crippen LogP contribution in [0.25, 0.3) is 0 Å². The van der Waals surface area contributed by atoms with Gasteiger partial charge in [-0.15, -0.1) is 18.2 Å². The Kier molecular flexibility index (Phi) is 6.40. The standard InChI is InChI=1S/C17H20BrNO3S2/c1-4-6-19(14-5-7-24(21,22)11-14)17(20)10-23-16-9-12(2)15(18)8-13(16)3/h1,8-9,14H,5-7,10-11H2,2-3H3/t14-/m0/s1. The Balaban J connectivity index is 2.06. The van der Waals surface area contributed by atoms with E-state index in [0.29, 0.717) is 6.42 Å². The molecule has 0 aliphatic carbocycles. The maximum Gasteiger partial charge on any atom is 0.234 e. The highest BCUT2D eigenvalue weighted by Crippen LogP contribution is 2.29. The molecule has 1 aliphatic rings. The van der Waals surface area contributed by atoms with Crippen molar-refractivity contribution in [2.45, 2.75) is 31.2 Å². The van der Waals surface area contributed by atoms with Crippen LogP contribution in [-0.2, 0) is 14.6 Å². The van der Waals surface area contributed by atoms with Crippen LogP contribution < -0.4 is 0 Å². The quantitative estimate of drug-likeness (QED) is 0.533. The zero-order chi connectivity index (χ0) is 17.9. The van der Waals surface area contributed by atoms with Crippen LogP contribution in [0.2, 0.25) is 0 Å². The van der Waals surface area contributed by atoms with Gasteiger partial charge in [-0.3, -0.25) is 4.79 Å². The number of thioether (sulfide) groups is 1. The molecule has 0 bridgehead atoms. The number of terminal acetylenes is 1. The number of benzene rings is 1. The minimum absolute atomic E-state index is 0.0154. The van der Waals surface area contributed by atoms with Crippen molar-refractivity contribution in [1.29, 1.82) is 0 Å². The van der Waals surface area contributed by atoms with Gasteiger partial charge in [0.05, 0.1) is 23.8 Å². The van der Waals surface area contributed by atoms with Crippen LogP contribution in [0, 0.1) is 26.2 Å². The predicted octanol–water partition coefficient (Wildman–Crippen LogP) is 2.81. The first-order valence-electron chi connectivity index (χ1n) is 7.56. The summed E-state index contributed by atoms with van der Waals surface area (Å²) in [7, 11) is -3.05. The molecule has 1 aromatic rings. The van der Waals surface area contributed by atoms with Gasteiger partial charge in [-0.1, -0.05) is 21.9 Å². The number of carbonyl (C=O) groups excluding carboxylic acids is 1. The van der Waals surface area contributed by atoms with Gasteiger partial charge in [0.1, 0.15) is 0 Å². The summed E-state index contributed by atoms with van der Waals surface area (Å²) in [6.45, 7) is 4.15. The molecule has 130 valence electrons. The minimum Gasteiger partial charge on any atom is -0.327 e. The van der Waals surface area contributed by atoms with Crippen molar-refractivity contribution in [3.63, 3.8) is 0 Å². The molecule has 1 aliphatic heterocycles. The summed E-state index contributed by atoms with van der Waals surface area (Å²) >= 11 is 4.96. The molecule has 1 saturated heterocycles. The van der Waals surface area contributed by atoms with E-state index in [1.54, 1.807) is 4.90 Å². The summed E-state index contributed by atoms with van der Waals surface area (Å²) in [5.41, 5.74) is 2.20. The Hall–Kier alpha value is -0.970. The van der Waals surface area contributed by atoms with E-state index in [0.717, 1.165) is 20.5 Å². The van der Waals surface area contributed by atoms with Crippen molar-refractivity contribution >= 4 is 43.4 Å². The molecule has 1 amide bonds. The number of halogens is 1. The second kappa shape index (κ2) is 7.94. The lowest BCUT2D eigenvalue weighted by atomic mass is 10.2. The van der Waals surface area contributed by atoms with Crippen molar-refractivity contribution in [3.05, 3.63) is 27.7 Å². The Bertz CT molecular complexity index is 784. The summed E-state index contributed by atoms with van der Waals surface area (Å²) in [6, 6.07) is 3.78. The van der Waals surface area contributed by atoms with E-state index in [9.17, 15) is 13.2 Å². The molecule has 4 nitrogen and oxygen atoms in total. The first-order valence-corrected chi connectivity index (χ1v) is 11.2. The molecule has 0 unspecified atom stereocenters. The Morgan fingerprint density at radius 3 is 2.71 bits per heavy atom. The van der Waals surface area contributed by atoms with Gasteiger partial charge in [-0.05, 0) is 43.5 Å². The van der Waals surface area contributed by atoms with E-state index >= 15 is 0 Å². The maximum absolute atomic E-state index is 12.6. The number of amides is 1. The lowest BCUT2D eigenvalue weighted by Gasteiger charge is -2.26. The monoisotopic (exact) mass is 429 g/mol. The molecule has 1 atom stereocenters. The molecular formula is C17H20BrNO3S2. The maximum atomic E-state index is 12.6. The molecule has 0 saturated carbocycles. The number of rotatable bonds is 5. The molecular weight excluding hydrogens is 410 g/mol. The van der Waals surface area contributed by atoms with Crippen molar-refractivity contribution in [2.24, 2.45) is 0 Å². The fourth-order valence-corrected chi connectivity index (χ4v) is 5.85. The van der Waals surface area contributed by atoms with Gasteiger partial charge >= 0.3 is 0 Å². The van der Waals surface area contributed by atoms with Crippen LogP contribution in [0.4, 0.5) is 0 Å². The van der Waals surface area contributed by atoms with Crippen LogP contribution >= 0.6 is 27.7 Å². The molecule has 0 spiro atoms. The molecule has 0 radical (unpaired) electrons. The van der Waals surface area contributed by atoms with Crippen molar-refractivity contribution in [3.8, 4) is 12.3 Å². The van der Waals surface area contributed by atoms with Crippen LogP contribution in [0.15, 0.2) is 21.5 Å². The average Bonchev–Trinajstić information content (AvgIpc) is 2.86. The summed E-state index contributed by atoms with van der Waals surface area (Å²) in [5, 5.41) is 0. The minimum atomic E-state index is -3.05. The first kappa shape index (κ1) is 19.4. The number of carbonyl (C=O) groups is 1. The SMILES string of the molecule is C#CCN(C(=O)CSc1cc(C)c(Br)cc1C)[C@H]1CCS(=O)(=O)C1. The predicted molar refractivity (Wildman–Crippen MR) is 102 cm³/mol. The van der Waals surface area contributed by atoms with Crippen LogP contribution in [0.5, 0.6) is 0 Å². The fraction of sp³-hybridized carbons (Fsp3) is 0.471. The lowest BCUT2D eigenvalue weighted by molar-refractivity contribution is -0.129. The number of nitrogens with zero attached hydrogens (tertiary/aromatic N) is 1. The molecule has 7 heteroatoms. The van der Waals surface area contributed by atoms with E-state index in [2.05, 4.69) is 21.9 Å². The zero-order valence-corrected chi connectivity index (χ0v) is 16.9. The molecule has 0 aromatic heterocycles. The third-order valence-corrected chi connectivity index (χ3v) is 7.79. The molecule has 2 rings (SSSR count). The van der Waals surface area contributed by atoms with Crippen LogP contribution in [0.1, 0.15) is 17.5 Å². The number of hydrogen-bond acceptors (Lipinski definition) is 4. The van der Waals surface area contributed by atoms with E-state index < -0.39 is 9.84 Å². The van der Waals surface area contributed by atoms with Gasteiger partial charge in [0.2, 0.25) is 5.91 Å². The van der Waals surface area contributed by atoms with Crippen molar-refractivity contribution in [1.82, 2.24) is 4.90 Å². The second-order valence-corrected chi connectivity index (χ2v) is 10.0. The van der Waals surface area contributed by atoms with Crippen molar-refractivity contribution in [2.75, 3.05) is 23.8 Å². The van der Waals surface area contributed by atoms with Gasteiger partial charge in [-0.2, -0.15) is 0 Å². The highest BCUT2D eigenvalue weighted by Gasteiger charge is 2.34. The van der Waals surface area contributed by atoms with E-state index in [1.165, 1.54) is 11.8 Å². The van der Waals surface area contributed by atoms with E-state index in [4.69, 9.17) is 6.42 Å². The summed E-state index contributed by atoms with van der Waals surface area (Å²) < 4.78 is 24.4. The van der Waals surface area contributed by atoms with Gasteiger partial charge in [0.15, 0.2) is 9.84 Å². The van der Waals surface area contributed by atoms with Crippen LogP contribution in [-0.4, -0.2) is 49.1 Å². The summed E-state index contributed by atoms with van der Waals surface area (Å²) in [4.78, 5) is 15.2. The topological polar surface area (TPSA) is 54.5 Å². The number of hydrogen-bond donors (Lipinski definition) is 0. The molecule has 0 N–H and O–H groups in total. The molecule has 24 heavy (non-hydrogen) atoms. The smallest absolute Gasteiger partial charge is 0.234 e. The third kappa shape index (κ3) is 4.78. The van der Waals surface area contributed by atoms with E-state index in [1.807, 2.05) is 26.0 Å². The first-order chi connectivity index (χ1) is 11.2. The van der Waals surface area contributed by atoms with Gasteiger partial charge in [0, 0.05) is 15.4 Å². The van der Waals surface area contributed by atoms with Gasteiger partial charge < -0.3 is 4.90 Å². The normalized spacial score (nSPS) is 19.0. The zero-order valence-electron chi connectivity index (χ0n) is 13.7. The summed E-state index contributed by atoms with van der Waals surface area (Å²) in [6.07, 6.45) is 5.83. The van der Waals surface area contributed by atoms with Gasteiger partial charge in [-0.25, -0.2) is 8.42 Å². The third-order valence-electron chi connectivity index (χ3n) is 4.04. The number of aryl methyl sites for hydroxylation is 2. The molecule has 1 heterocycles. The van der Waals surface area contributed by atoms with Crippen molar-refractivity contribution < 1.29 is 13.2 Å². The highest BCUT2D eigenvalue weighted by atomic mass is 79.9. The molecule has 1 aromatic carbocycles. The Morgan fingerprint density at radius 2 is 2.12 bits per heavy atom. The van der Waals surface area contributed by atoms with E-state index in [-0.39, 0.29) is 35.8 Å². The highest BCUT2D eigenvalue weighted by molar-refractivity contribution is 9.10. The van der Waals surface area contributed by atoms with Crippen LogP contribution in [0.3, 0.4) is 0 Å². The largest absolute Gasteiger partial charge is 0.327 e. The fourth-order valence-electron chi connectivity index (χ4n) is 2.67. The Morgan fingerprint density at radius 1 is 1.42 bits per heavy atom. The van der Waals surface area contributed by atoms with Gasteiger partial charge in [0.25, 0.3) is 0 Å². The number of sulfone groups is 1. The lowest BCUT2D eigenvalue weighted by Crippen LogP contribution is -2.42. The summed E-state index contributed by atoms with van der Waals surface area (Å²) in [5.74, 6) is 2.76. The average molecular weight is 430 g/mol. The Labute approximate surface area is 156 Å². The molecule has 1 fully saturated rings.